The summed E-state index contributed by atoms with van der Waals surface area (Å²) < 4.78 is 5.69. The molecule has 0 radical (unpaired) electrons. The van der Waals surface area contributed by atoms with E-state index in [4.69, 9.17) is 4.74 Å². The number of nitrogens with one attached hydrogen (secondary N) is 1. The van der Waals surface area contributed by atoms with Crippen LogP contribution in [-0.4, -0.2) is 15.8 Å². The average molecular weight is 361 g/mol. The van der Waals surface area contributed by atoms with Gasteiger partial charge in [-0.05, 0) is 36.4 Å². The number of hydrogen-bond donors (Lipinski definition) is 1. The molecular weight excluding hydrogens is 346 g/mol. The Bertz CT molecular complexity index is 987. The van der Waals surface area contributed by atoms with Crippen molar-refractivity contribution in [2.45, 2.75) is 0 Å². The molecule has 0 saturated heterocycles. The maximum absolute atomic E-state index is 12.1. The first-order valence-corrected chi connectivity index (χ1v) is 8.02. The molecule has 0 atom stereocenters. The lowest BCUT2D eigenvalue weighted by atomic mass is 10.1. The SMILES string of the molecule is O=C(/C=C/c1ccccc1[N+](=O)[O-])Nc1cccc(Oc2ccncc2)c1. The van der Waals surface area contributed by atoms with Gasteiger partial charge >= 0.3 is 0 Å². The van der Waals surface area contributed by atoms with Gasteiger partial charge in [-0.25, -0.2) is 0 Å². The van der Waals surface area contributed by atoms with E-state index in [1.165, 1.54) is 18.2 Å². The van der Waals surface area contributed by atoms with Crippen LogP contribution in [0.5, 0.6) is 11.5 Å². The van der Waals surface area contributed by atoms with Crippen molar-refractivity contribution in [3.63, 3.8) is 0 Å². The lowest BCUT2D eigenvalue weighted by Gasteiger charge is -2.07. The Hall–Kier alpha value is -4.00. The second kappa shape index (κ2) is 8.39. The van der Waals surface area contributed by atoms with Crippen molar-refractivity contribution in [1.82, 2.24) is 4.98 Å². The van der Waals surface area contributed by atoms with Crippen LogP contribution in [-0.2, 0) is 4.79 Å². The maximum Gasteiger partial charge on any atom is 0.276 e. The van der Waals surface area contributed by atoms with Crippen LogP contribution in [0.1, 0.15) is 5.56 Å². The second-order valence-corrected chi connectivity index (χ2v) is 5.45. The molecule has 1 N–H and O–H groups in total. The number of carbonyl (C=O) groups is 1. The normalized spacial score (nSPS) is 10.5. The van der Waals surface area contributed by atoms with Gasteiger partial charge in [-0.1, -0.05) is 18.2 Å². The number of para-hydroxylation sites is 1. The minimum Gasteiger partial charge on any atom is -0.457 e. The third-order valence-electron chi connectivity index (χ3n) is 3.53. The van der Waals surface area contributed by atoms with Gasteiger partial charge in [-0.15, -0.1) is 0 Å². The Morgan fingerprint density at radius 2 is 1.81 bits per heavy atom. The van der Waals surface area contributed by atoms with Crippen LogP contribution in [0.2, 0.25) is 0 Å². The van der Waals surface area contributed by atoms with Gasteiger partial charge in [0.1, 0.15) is 11.5 Å². The van der Waals surface area contributed by atoms with Crippen molar-refractivity contribution in [3.8, 4) is 11.5 Å². The fraction of sp³-hybridized carbons (Fsp3) is 0. The Balaban J connectivity index is 1.68. The predicted octanol–water partition coefficient (Wildman–Crippen LogP) is 4.43. The molecule has 3 aromatic rings. The number of hydrogen-bond acceptors (Lipinski definition) is 5. The van der Waals surface area contributed by atoms with E-state index in [1.54, 1.807) is 67.0 Å². The van der Waals surface area contributed by atoms with Crippen LogP contribution < -0.4 is 10.1 Å². The molecule has 3 rings (SSSR count). The van der Waals surface area contributed by atoms with E-state index in [2.05, 4.69) is 10.3 Å². The van der Waals surface area contributed by atoms with Crippen molar-refractivity contribution < 1.29 is 14.5 Å². The van der Waals surface area contributed by atoms with E-state index >= 15 is 0 Å². The number of nitro groups is 1. The van der Waals surface area contributed by atoms with Crippen LogP contribution in [0.4, 0.5) is 11.4 Å². The number of benzene rings is 2. The van der Waals surface area contributed by atoms with Crippen LogP contribution in [0.3, 0.4) is 0 Å². The zero-order chi connectivity index (χ0) is 19.1. The van der Waals surface area contributed by atoms with Crippen LogP contribution in [0.25, 0.3) is 6.08 Å². The topological polar surface area (TPSA) is 94.4 Å². The molecule has 2 aromatic carbocycles. The zero-order valence-corrected chi connectivity index (χ0v) is 14.1. The number of carbonyl (C=O) groups excluding carboxylic acids is 1. The highest BCUT2D eigenvalue weighted by Gasteiger charge is 2.10. The third kappa shape index (κ3) is 4.99. The molecule has 134 valence electrons. The first-order chi connectivity index (χ1) is 13.1. The molecule has 0 aliphatic rings. The minimum atomic E-state index is -0.489. The quantitative estimate of drug-likeness (QED) is 0.398. The third-order valence-corrected chi connectivity index (χ3v) is 3.53. The molecule has 7 nitrogen and oxygen atoms in total. The van der Waals surface area contributed by atoms with E-state index in [0.29, 0.717) is 22.7 Å². The average Bonchev–Trinajstić information content (AvgIpc) is 2.67. The van der Waals surface area contributed by atoms with E-state index in [1.807, 2.05) is 0 Å². The minimum absolute atomic E-state index is 0.0608. The summed E-state index contributed by atoms with van der Waals surface area (Å²) >= 11 is 0. The smallest absolute Gasteiger partial charge is 0.276 e. The van der Waals surface area contributed by atoms with E-state index < -0.39 is 10.8 Å². The van der Waals surface area contributed by atoms with Gasteiger partial charge in [0.15, 0.2) is 0 Å². The van der Waals surface area contributed by atoms with Crippen LogP contribution in [0.15, 0.2) is 79.1 Å². The Morgan fingerprint density at radius 1 is 1.04 bits per heavy atom. The van der Waals surface area contributed by atoms with Gasteiger partial charge in [-0.3, -0.25) is 19.9 Å². The molecule has 0 saturated carbocycles. The fourth-order valence-electron chi connectivity index (χ4n) is 2.32. The fourth-order valence-corrected chi connectivity index (χ4v) is 2.32. The van der Waals surface area contributed by atoms with Crippen molar-refractivity contribution in [1.29, 1.82) is 0 Å². The summed E-state index contributed by atoms with van der Waals surface area (Å²) in [6.07, 6.45) is 5.90. The molecular formula is C20H15N3O4. The lowest BCUT2D eigenvalue weighted by molar-refractivity contribution is -0.385. The first kappa shape index (κ1) is 17.8. The van der Waals surface area contributed by atoms with Crippen molar-refractivity contribution in [2.24, 2.45) is 0 Å². The molecule has 0 fully saturated rings. The van der Waals surface area contributed by atoms with Gasteiger partial charge in [0.05, 0.1) is 10.5 Å². The summed E-state index contributed by atoms with van der Waals surface area (Å²) in [5, 5.41) is 13.7. The highest BCUT2D eigenvalue weighted by molar-refractivity contribution is 6.02. The summed E-state index contributed by atoms with van der Waals surface area (Å²) in [4.78, 5) is 26.5. The zero-order valence-electron chi connectivity index (χ0n) is 14.1. The standard InChI is InChI=1S/C20H15N3O4/c24-20(9-8-15-4-1-2-7-19(15)23(25)26)22-16-5-3-6-18(14-16)27-17-10-12-21-13-11-17/h1-14H,(H,22,24)/b9-8+. The lowest BCUT2D eigenvalue weighted by Crippen LogP contribution is -2.07. The summed E-state index contributed by atoms with van der Waals surface area (Å²) in [6, 6.07) is 16.6. The monoisotopic (exact) mass is 361 g/mol. The molecule has 0 bridgehead atoms. The number of nitrogens with zero attached hydrogens (tertiary/aromatic N) is 2. The van der Waals surface area contributed by atoms with E-state index in [9.17, 15) is 14.9 Å². The molecule has 27 heavy (non-hydrogen) atoms. The van der Waals surface area contributed by atoms with Gasteiger partial charge < -0.3 is 10.1 Å². The predicted molar refractivity (Wildman–Crippen MR) is 102 cm³/mol. The number of ether oxygens (including phenoxy) is 1. The van der Waals surface area contributed by atoms with Crippen LogP contribution in [0, 0.1) is 10.1 Å². The van der Waals surface area contributed by atoms with E-state index in [0.717, 1.165) is 0 Å². The number of pyridine rings is 1. The summed E-state index contributed by atoms with van der Waals surface area (Å²) in [5.74, 6) is 0.778. The Morgan fingerprint density at radius 3 is 2.59 bits per heavy atom. The second-order valence-electron chi connectivity index (χ2n) is 5.45. The number of nitro benzene ring substituents is 1. The first-order valence-electron chi connectivity index (χ1n) is 8.02. The molecule has 0 aliphatic heterocycles. The maximum atomic E-state index is 12.1. The van der Waals surface area contributed by atoms with Gasteiger partial charge in [0.25, 0.3) is 5.69 Å². The highest BCUT2D eigenvalue weighted by Crippen LogP contribution is 2.24. The summed E-state index contributed by atoms with van der Waals surface area (Å²) in [6.45, 7) is 0. The summed E-state index contributed by atoms with van der Waals surface area (Å²) in [5.41, 5.74) is 0.834. The van der Waals surface area contributed by atoms with Crippen molar-refractivity contribution in [2.75, 3.05) is 5.32 Å². The molecule has 1 amide bonds. The van der Waals surface area contributed by atoms with Crippen molar-refractivity contribution >= 4 is 23.4 Å². The Kier molecular flexibility index (Phi) is 5.54. The molecule has 0 aliphatic carbocycles. The van der Waals surface area contributed by atoms with Gasteiger partial charge in [0.2, 0.25) is 5.91 Å². The van der Waals surface area contributed by atoms with Gasteiger partial charge in [0, 0.05) is 36.3 Å². The number of anilines is 1. The Labute approximate surface area is 155 Å². The molecule has 1 aromatic heterocycles. The largest absolute Gasteiger partial charge is 0.457 e. The number of rotatable bonds is 6. The molecule has 7 heteroatoms. The molecule has 1 heterocycles. The highest BCUT2D eigenvalue weighted by atomic mass is 16.6. The number of aromatic nitrogens is 1. The van der Waals surface area contributed by atoms with E-state index in [-0.39, 0.29) is 5.69 Å². The van der Waals surface area contributed by atoms with Gasteiger partial charge in [-0.2, -0.15) is 0 Å². The number of amides is 1. The van der Waals surface area contributed by atoms with Crippen LogP contribution >= 0.6 is 0 Å². The van der Waals surface area contributed by atoms with Crippen molar-refractivity contribution in [3.05, 3.63) is 94.8 Å². The molecule has 0 spiro atoms. The summed E-state index contributed by atoms with van der Waals surface area (Å²) in [7, 11) is 0. The molecule has 0 unspecified atom stereocenters.